The van der Waals surface area contributed by atoms with Gasteiger partial charge in [-0.25, -0.2) is 4.39 Å². The number of aryl methyl sites for hydroxylation is 1. The lowest BCUT2D eigenvalue weighted by molar-refractivity contribution is -0.126. The number of halogens is 2. The Balaban J connectivity index is 1.50. The van der Waals surface area contributed by atoms with Crippen molar-refractivity contribution in [2.45, 2.75) is 26.4 Å². The van der Waals surface area contributed by atoms with Gasteiger partial charge in [0.15, 0.2) is 0 Å². The highest BCUT2D eigenvalue weighted by Crippen LogP contribution is 2.20. The molecule has 0 bridgehead atoms. The Kier molecular flexibility index (Phi) is 6.87. The summed E-state index contributed by atoms with van der Waals surface area (Å²) in [5, 5.41) is 3.09. The van der Waals surface area contributed by atoms with Crippen LogP contribution in [0, 0.1) is 12.7 Å². The minimum Gasteiger partial charge on any atom is -0.351 e. The number of nitrogens with zero attached hydrogens (tertiary/aromatic N) is 2. The van der Waals surface area contributed by atoms with Crippen LogP contribution in [0.2, 0.25) is 5.02 Å². The predicted octanol–water partition coefficient (Wildman–Crippen LogP) is 3.25. The van der Waals surface area contributed by atoms with Crippen molar-refractivity contribution in [1.82, 2.24) is 15.1 Å². The van der Waals surface area contributed by atoms with E-state index < -0.39 is 5.82 Å². The molecule has 2 amide bonds. The van der Waals surface area contributed by atoms with E-state index in [2.05, 4.69) is 10.2 Å². The third-order valence-electron chi connectivity index (χ3n) is 5.28. The zero-order valence-corrected chi connectivity index (χ0v) is 17.4. The van der Waals surface area contributed by atoms with Crippen LogP contribution in [0.1, 0.15) is 28.4 Å². The summed E-state index contributed by atoms with van der Waals surface area (Å²) in [4.78, 5) is 28.9. The molecule has 3 rings (SSSR count). The maximum absolute atomic E-state index is 13.2. The van der Waals surface area contributed by atoms with Crippen LogP contribution in [0.5, 0.6) is 0 Å². The Morgan fingerprint density at radius 3 is 2.38 bits per heavy atom. The van der Waals surface area contributed by atoms with Crippen LogP contribution in [-0.4, -0.2) is 53.8 Å². The highest BCUT2D eigenvalue weighted by molar-refractivity contribution is 6.33. The Labute approximate surface area is 175 Å². The second-order valence-electron chi connectivity index (χ2n) is 7.33. The van der Waals surface area contributed by atoms with Crippen LogP contribution in [0.4, 0.5) is 4.39 Å². The molecule has 29 heavy (non-hydrogen) atoms. The normalized spacial score (nSPS) is 15.8. The van der Waals surface area contributed by atoms with Gasteiger partial charge >= 0.3 is 0 Å². The van der Waals surface area contributed by atoms with Crippen molar-refractivity contribution in [2.24, 2.45) is 0 Å². The SMILES string of the molecule is Cc1ccc(CNC(=O)C(C)N2CCN(C(=O)c3ccc(F)cc3Cl)CC2)cc1. The van der Waals surface area contributed by atoms with Crippen molar-refractivity contribution >= 4 is 23.4 Å². The van der Waals surface area contributed by atoms with Gasteiger partial charge in [0.1, 0.15) is 5.82 Å². The number of hydrogen-bond donors (Lipinski definition) is 1. The molecular formula is C22H25ClFN3O2. The topological polar surface area (TPSA) is 52.7 Å². The largest absolute Gasteiger partial charge is 0.351 e. The molecule has 2 aromatic carbocycles. The number of piperazine rings is 1. The Morgan fingerprint density at radius 1 is 1.10 bits per heavy atom. The van der Waals surface area contributed by atoms with E-state index in [1.54, 1.807) is 4.90 Å². The number of nitrogens with one attached hydrogen (secondary N) is 1. The molecule has 1 atom stereocenters. The van der Waals surface area contributed by atoms with E-state index in [4.69, 9.17) is 11.6 Å². The fraction of sp³-hybridized carbons (Fsp3) is 0.364. The summed E-state index contributed by atoms with van der Waals surface area (Å²) in [6.07, 6.45) is 0. The van der Waals surface area contributed by atoms with Gasteiger partial charge in [-0.3, -0.25) is 14.5 Å². The molecule has 1 aliphatic rings. The summed E-state index contributed by atoms with van der Waals surface area (Å²) in [7, 11) is 0. The summed E-state index contributed by atoms with van der Waals surface area (Å²) in [6.45, 7) is 6.54. The molecule has 1 aliphatic heterocycles. The highest BCUT2D eigenvalue weighted by atomic mass is 35.5. The van der Waals surface area contributed by atoms with E-state index in [0.29, 0.717) is 38.3 Å². The zero-order valence-electron chi connectivity index (χ0n) is 16.6. The quantitative estimate of drug-likeness (QED) is 0.812. The molecule has 0 spiro atoms. The van der Waals surface area contributed by atoms with Crippen LogP contribution in [0.3, 0.4) is 0 Å². The molecule has 0 radical (unpaired) electrons. The van der Waals surface area contributed by atoms with Gasteiger partial charge in [0.2, 0.25) is 5.91 Å². The lowest BCUT2D eigenvalue weighted by Gasteiger charge is -2.37. The van der Waals surface area contributed by atoms with Crippen LogP contribution in [-0.2, 0) is 11.3 Å². The molecule has 1 saturated heterocycles. The van der Waals surface area contributed by atoms with Crippen molar-refractivity contribution in [3.8, 4) is 0 Å². The molecule has 2 aromatic rings. The van der Waals surface area contributed by atoms with Gasteiger partial charge in [0.25, 0.3) is 5.91 Å². The standard InChI is InChI=1S/C22H25ClFN3O2/c1-15-3-5-17(6-4-15)14-25-21(28)16(2)26-9-11-27(12-10-26)22(29)19-8-7-18(24)13-20(19)23/h3-8,13,16H,9-12,14H2,1-2H3,(H,25,28). The number of rotatable bonds is 5. The minimum absolute atomic E-state index is 0.0352. The molecule has 5 nitrogen and oxygen atoms in total. The first-order valence-corrected chi connectivity index (χ1v) is 10.0. The second-order valence-corrected chi connectivity index (χ2v) is 7.74. The van der Waals surface area contributed by atoms with E-state index in [1.165, 1.54) is 17.7 Å². The van der Waals surface area contributed by atoms with Crippen LogP contribution >= 0.6 is 11.6 Å². The summed E-state index contributed by atoms with van der Waals surface area (Å²) in [6, 6.07) is 11.6. The first-order valence-electron chi connectivity index (χ1n) is 9.67. The summed E-state index contributed by atoms with van der Waals surface area (Å²) in [5.41, 5.74) is 2.54. The monoisotopic (exact) mass is 417 g/mol. The molecule has 1 heterocycles. The third-order valence-corrected chi connectivity index (χ3v) is 5.59. The summed E-state index contributed by atoms with van der Waals surface area (Å²) < 4.78 is 13.2. The maximum Gasteiger partial charge on any atom is 0.255 e. The molecule has 0 saturated carbocycles. The molecule has 1 fully saturated rings. The van der Waals surface area contributed by atoms with Crippen molar-refractivity contribution in [2.75, 3.05) is 26.2 Å². The number of carbonyl (C=O) groups excluding carboxylic acids is 2. The van der Waals surface area contributed by atoms with E-state index in [9.17, 15) is 14.0 Å². The van der Waals surface area contributed by atoms with Gasteiger partial charge in [0.05, 0.1) is 16.6 Å². The van der Waals surface area contributed by atoms with E-state index in [-0.39, 0.29) is 22.9 Å². The number of carbonyl (C=O) groups is 2. The molecule has 1 N–H and O–H groups in total. The predicted molar refractivity (Wildman–Crippen MR) is 111 cm³/mol. The zero-order chi connectivity index (χ0) is 21.0. The molecular weight excluding hydrogens is 393 g/mol. The maximum atomic E-state index is 13.2. The second kappa shape index (κ2) is 9.37. The van der Waals surface area contributed by atoms with Crippen LogP contribution in [0.15, 0.2) is 42.5 Å². The van der Waals surface area contributed by atoms with Crippen LogP contribution in [0.25, 0.3) is 0 Å². The molecule has 1 unspecified atom stereocenters. The van der Waals surface area contributed by atoms with E-state index in [0.717, 1.165) is 11.6 Å². The fourth-order valence-electron chi connectivity index (χ4n) is 3.35. The summed E-state index contributed by atoms with van der Waals surface area (Å²) in [5.74, 6) is -0.722. The molecule has 154 valence electrons. The van der Waals surface area contributed by atoms with E-state index in [1.807, 2.05) is 38.1 Å². The first-order chi connectivity index (χ1) is 13.8. The molecule has 0 aliphatic carbocycles. The van der Waals surface area contributed by atoms with Gasteiger partial charge in [-0.15, -0.1) is 0 Å². The van der Waals surface area contributed by atoms with Gasteiger partial charge < -0.3 is 10.2 Å². The van der Waals surface area contributed by atoms with Gasteiger partial charge in [-0.05, 0) is 37.6 Å². The first kappa shape index (κ1) is 21.3. The number of amides is 2. The van der Waals surface area contributed by atoms with Crippen molar-refractivity contribution in [3.05, 3.63) is 70.0 Å². The van der Waals surface area contributed by atoms with Gasteiger partial charge in [0, 0.05) is 32.7 Å². The molecule has 7 heteroatoms. The smallest absolute Gasteiger partial charge is 0.255 e. The average molecular weight is 418 g/mol. The highest BCUT2D eigenvalue weighted by Gasteiger charge is 2.28. The van der Waals surface area contributed by atoms with Crippen molar-refractivity contribution < 1.29 is 14.0 Å². The summed E-state index contributed by atoms with van der Waals surface area (Å²) >= 11 is 6.01. The fourth-order valence-corrected chi connectivity index (χ4v) is 3.60. The lowest BCUT2D eigenvalue weighted by Crippen LogP contribution is -2.54. The minimum atomic E-state index is -0.471. The lowest BCUT2D eigenvalue weighted by atomic mass is 10.1. The van der Waals surface area contributed by atoms with E-state index >= 15 is 0 Å². The number of hydrogen-bond acceptors (Lipinski definition) is 3. The van der Waals surface area contributed by atoms with Gasteiger partial charge in [-0.1, -0.05) is 41.4 Å². The third kappa shape index (κ3) is 5.34. The Bertz CT molecular complexity index is 880. The van der Waals surface area contributed by atoms with Gasteiger partial charge in [-0.2, -0.15) is 0 Å². The Hall–Kier alpha value is -2.44. The van der Waals surface area contributed by atoms with Crippen molar-refractivity contribution in [3.63, 3.8) is 0 Å². The van der Waals surface area contributed by atoms with Crippen molar-refractivity contribution in [1.29, 1.82) is 0 Å². The van der Waals surface area contributed by atoms with Crippen LogP contribution < -0.4 is 5.32 Å². The Morgan fingerprint density at radius 2 is 1.76 bits per heavy atom. The number of benzene rings is 2. The molecule has 0 aromatic heterocycles. The average Bonchev–Trinajstić information content (AvgIpc) is 2.72.